The zero-order valence-corrected chi connectivity index (χ0v) is 39.6. The standard InChI is InChI=1S/C45H82N2O4S.2C2H6/c1-6-8-16-24-40(25-17-9-7-2)30-36-50-43(48)27-18-12-10-14-21-33-47(35-23-20-26-42-46-32-37-52-42)34-22-15-11-13-19-28-44(49)51-41-38-39(3)29-31-45(41,4)5;2*1-2/h32,37,39-41H,6-31,33-36,38H2,1-5H3;2*1-2H3/t39?,41-;;/m1../s1. The Kier molecular flexibility index (Phi) is 36.8. The Hall–Kier alpha value is -1.47. The van der Waals surface area contributed by atoms with Crippen LogP contribution in [-0.4, -0.2) is 54.2 Å². The van der Waals surface area contributed by atoms with Gasteiger partial charge < -0.3 is 14.4 Å². The van der Waals surface area contributed by atoms with Gasteiger partial charge in [0.25, 0.3) is 0 Å². The summed E-state index contributed by atoms with van der Waals surface area (Å²) in [6, 6.07) is 0. The lowest BCUT2D eigenvalue weighted by molar-refractivity contribution is -0.159. The molecule has 0 bridgehead atoms. The maximum atomic E-state index is 12.6. The monoisotopic (exact) mass is 807 g/mol. The Morgan fingerprint density at radius 3 is 1.84 bits per heavy atom. The van der Waals surface area contributed by atoms with Crippen LogP contribution in [0.15, 0.2) is 11.6 Å². The highest BCUT2D eigenvalue weighted by atomic mass is 32.1. The number of thiazole rings is 1. The molecule has 0 saturated heterocycles. The third-order valence-corrected chi connectivity index (χ3v) is 12.4. The summed E-state index contributed by atoms with van der Waals surface area (Å²) in [6.45, 7) is 23.4. The van der Waals surface area contributed by atoms with Gasteiger partial charge in [0.2, 0.25) is 0 Å². The van der Waals surface area contributed by atoms with Gasteiger partial charge in [-0.15, -0.1) is 11.3 Å². The predicted molar refractivity (Wildman–Crippen MR) is 244 cm³/mol. The Balaban J connectivity index is 0.00000731. The SMILES string of the molecule is CC.CC.CCCCCC(CCCCC)CCOC(=O)CCCCCCCN(CCCCCCCC(=O)O[C@@H]1CC(C)CCC1(C)C)CCCCc1nccs1. The fourth-order valence-electron chi connectivity index (χ4n) is 7.81. The molecule has 2 atom stereocenters. The van der Waals surface area contributed by atoms with E-state index in [0.29, 0.717) is 31.3 Å². The molecule has 0 amide bonds. The Morgan fingerprint density at radius 1 is 0.750 bits per heavy atom. The van der Waals surface area contributed by atoms with Gasteiger partial charge in [-0.1, -0.05) is 152 Å². The van der Waals surface area contributed by atoms with E-state index in [1.807, 2.05) is 33.9 Å². The number of aromatic nitrogens is 1. The number of carbonyl (C=O) groups excluding carboxylic acids is 2. The van der Waals surface area contributed by atoms with Gasteiger partial charge in [-0.2, -0.15) is 0 Å². The molecule has 0 radical (unpaired) electrons. The van der Waals surface area contributed by atoms with Crippen molar-refractivity contribution in [3.05, 3.63) is 16.6 Å². The highest BCUT2D eigenvalue weighted by Crippen LogP contribution is 2.40. The topological polar surface area (TPSA) is 68.7 Å². The fraction of sp³-hybridized carbons (Fsp3) is 0.898. The number of nitrogens with zero attached hydrogens (tertiary/aromatic N) is 2. The maximum absolute atomic E-state index is 12.6. The van der Waals surface area contributed by atoms with Crippen LogP contribution in [0.5, 0.6) is 0 Å². The highest BCUT2D eigenvalue weighted by Gasteiger charge is 2.37. The molecule has 1 aromatic rings. The second kappa shape index (κ2) is 37.8. The molecule has 0 N–H and O–H groups in total. The number of aryl methyl sites for hydroxylation is 1. The van der Waals surface area contributed by atoms with E-state index in [9.17, 15) is 9.59 Å². The molecule has 1 aliphatic rings. The van der Waals surface area contributed by atoms with Crippen molar-refractivity contribution in [2.24, 2.45) is 17.3 Å². The first-order valence-electron chi connectivity index (χ1n) is 24.2. The summed E-state index contributed by atoms with van der Waals surface area (Å²) < 4.78 is 11.6. The summed E-state index contributed by atoms with van der Waals surface area (Å²) in [5.74, 6) is 1.38. The van der Waals surface area contributed by atoms with E-state index in [2.05, 4.69) is 49.9 Å². The molecule has 1 fully saturated rings. The number of unbranched alkanes of at least 4 members (excludes halogenated alkanes) is 13. The Bertz CT molecular complexity index is 990. The van der Waals surface area contributed by atoms with Crippen LogP contribution in [-0.2, 0) is 25.5 Å². The zero-order valence-electron chi connectivity index (χ0n) is 38.7. The third-order valence-electron chi connectivity index (χ3n) is 11.6. The number of ether oxygens (including phenoxy) is 2. The van der Waals surface area contributed by atoms with E-state index in [4.69, 9.17) is 9.47 Å². The first-order chi connectivity index (χ1) is 27.2. The molecule has 7 heteroatoms. The summed E-state index contributed by atoms with van der Waals surface area (Å²) in [5.41, 5.74) is 0.106. The summed E-state index contributed by atoms with van der Waals surface area (Å²) in [5, 5.41) is 3.33. The van der Waals surface area contributed by atoms with Crippen LogP contribution >= 0.6 is 11.3 Å². The van der Waals surface area contributed by atoms with Crippen molar-refractivity contribution in [3.8, 4) is 0 Å². The van der Waals surface area contributed by atoms with E-state index < -0.39 is 0 Å². The largest absolute Gasteiger partial charge is 0.466 e. The minimum atomic E-state index is 0.00266. The first-order valence-corrected chi connectivity index (χ1v) is 25.1. The summed E-state index contributed by atoms with van der Waals surface area (Å²) >= 11 is 1.77. The van der Waals surface area contributed by atoms with Crippen LogP contribution in [0.4, 0.5) is 0 Å². The maximum Gasteiger partial charge on any atom is 0.306 e. The Morgan fingerprint density at radius 2 is 1.29 bits per heavy atom. The molecule has 6 nitrogen and oxygen atoms in total. The average molecular weight is 807 g/mol. The number of hydrogen-bond acceptors (Lipinski definition) is 7. The van der Waals surface area contributed by atoms with E-state index in [1.54, 1.807) is 11.3 Å². The molecule has 1 unspecified atom stereocenters. The van der Waals surface area contributed by atoms with E-state index in [0.717, 1.165) is 64.5 Å². The number of rotatable bonds is 33. The van der Waals surface area contributed by atoms with Crippen LogP contribution in [0, 0.1) is 17.3 Å². The smallest absolute Gasteiger partial charge is 0.306 e. The van der Waals surface area contributed by atoms with Crippen molar-refractivity contribution >= 4 is 23.3 Å². The number of esters is 2. The minimum absolute atomic E-state index is 0.00266. The van der Waals surface area contributed by atoms with Crippen LogP contribution in [0.1, 0.15) is 234 Å². The molecule has 1 saturated carbocycles. The normalized spacial score (nSPS) is 16.2. The van der Waals surface area contributed by atoms with Crippen molar-refractivity contribution in [2.75, 3.05) is 26.2 Å². The van der Waals surface area contributed by atoms with Crippen molar-refractivity contribution in [1.29, 1.82) is 0 Å². The zero-order chi connectivity index (χ0) is 41.7. The predicted octanol–water partition coefficient (Wildman–Crippen LogP) is 15.0. The molecule has 1 heterocycles. The lowest BCUT2D eigenvalue weighted by Crippen LogP contribution is -2.39. The molecule has 56 heavy (non-hydrogen) atoms. The van der Waals surface area contributed by atoms with Crippen LogP contribution in [0.3, 0.4) is 0 Å². The molecule has 0 aromatic carbocycles. The Labute approximate surface area is 352 Å². The van der Waals surface area contributed by atoms with Gasteiger partial charge in [0.05, 0.1) is 11.6 Å². The summed E-state index contributed by atoms with van der Waals surface area (Å²) in [7, 11) is 0. The van der Waals surface area contributed by atoms with Crippen LogP contribution in [0.25, 0.3) is 0 Å². The molecule has 1 aromatic heterocycles. The molecule has 1 aliphatic carbocycles. The lowest BCUT2D eigenvalue weighted by Gasteiger charge is -2.40. The second-order valence-corrected chi connectivity index (χ2v) is 18.0. The van der Waals surface area contributed by atoms with Gasteiger partial charge >= 0.3 is 11.9 Å². The second-order valence-electron chi connectivity index (χ2n) is 17.0. The van der Waals surface area contributed by atoms with Gasteiger partial charge in [-0.25, -0.2) is 4.98 Å². The molecule has 330 valence electrons. The summed E-state index contributed by atoms with van der Waals surface area (Å²) in [6.07, 6.45) is 32.9. The lowest BCUT2D eigenvalue weighted by atomic mass is 9.71. The summed E-state index contributed by atoms with van der Waals surface area (Å²) in [4.78, 5) is 32.1. The van der Waals surface area contributed by atoms with Crippen LogP contribution in [0.2, 0.25) is 0 Å². The molecule has 2 rings (SSSR count). The quantitative estimate of drug-likeness (QED) is 0.0520. The molecule has 0 aliphatic heterocycles. The van der Waals surface area contributed by atoms with Gasteiger partial charge in [-0.05, 0) is 102 Å². The van der Waals surface area contributed by atoms with Gasteiger partial charge in [0.1, 0.15) is 6.10 Å². The molecule has 0 spiro atoms. The first kappa shape index (κ1) is 54.5. The van der Waals surface area contributed by atoms with Gasteiger partial charge in [0, 0.05) is 29.8 Å². The molecular formula is C49H94N2O4S. The average Bonchev–Trinajstić information content (AvgIpc) is 3.72. The number of carbonyl (C=O) groups is 2. The third kappa shape index (κ3) is 29.7. The van der Waals surface area contributed by atoms with E-state index in [-0.39, 0.29) is 23.5 Å². The van der Waals surface area contributed by atoms with E-state index >= 15 is 0 Å². The fourth-order valence-corrected chi connectivity index (χ4v) is 8.47. The van der Waals surface area contributed by atoms with Gasteiger partial charge in [-0.3, -0.25) is 9.59 Å². The molecular weight excluding hydrogens is 713 g/mol. The number of hydrogen-bond donors (Lipinski definition) is 0. The van der Waals surface area contributed by atoms with Crippen molar-refractivity contribution < 1.29 is 19.1 Å². The van der Waals surface area contributed by atoms with Crippen molar-refractivity contribution in [2.45, 2.75) is 242 Å². The minimum Gasteiger partial charge on any atom is -0.466 e. The highest BCUT2D eigenvalue weighted by molar-refractivity contribution is 7.09. The van der Waals surface area contributed by atoms with Gasteiger partial charge in [0.15, 0.2) is 0 Å². The van der Waals surface area contributed by atoms with E-state index in [1.165, 1.54) is 121 Å². The van der Waals surface area contributed by atoms with Crippen molar-refractivity contribution in [1.82, 2.24) is 9.88 Å². The van der Waals surface area contributed by atoms with Crippen molar-refractivity contribution in [3.63, 3.8) is 0 Å². The van der Waals surface area contributed by atoms with Crippen LogP contribution < -0.4 is 0 Å².